The highest BCUT2D eigenvalue weighted by atomic mass is 19.1. The molecule has 0 aromatic heterocycles. The third-order valence-corrected chi connectivity index (χ3v) is 4.56. The van der Waals surface area contributed by atoms with E-state index < -0.39 is 23.6 Å². The van der Waals surface area contributed by atoms with Gasteiger partial charge in [-0.1, -0.05) is 43.5 Å². The van der Waals surface area contributed by atoms with Crippen LogP contribution in [0.1, 0.15) is 6.92 Å². The zero-order valence-corrected chi connectivity index (χ0v) is 18.2. The number of hydrogen-bond acceptors (Lipinski definition) is 5. The molecule has 0 heterocycles. The van der Waals surface area contributed by atoms with Gasteiger partial charge in [0.2, 0.25) is 0 Å². The summed E-state index contributed by atoms with van der Waals surface area (Å²) in [6.07, 6.45) is 3.32. The molecule has 3 aromatic rings. The lowest BCUT2D eigenvalue weighted by molar-refractivity contribution is -0.132. The van der Waals surface area contributed by atoms with Gasteiger partial charge in [-0.25, -0.2) is 18.4 Å². The van der Waals surface area contributed by atoms with Gasteiger partial charge in [0.25, 0.3) is 0 Å². The van der Waals surface area contributed by atoms with E-state index in [9.17, 15) is 18.4 Å². The maximum atomic E-state index is 14.8. The summed E-state index contributed by atoms with van der Waals surface area (Å²) < 4.78 is 44.1. The molecule has 0 radical (unpaired) electrons. The third kappa shape index (κ3) is 6.04. The highest BCUT2D eigenvalue weighted by molar-refractivity contribution is 5.89. The minimum Gasteiger partial charge on any atom is -0.462 e. The van der Waals surface area contributed by atoms with E-state index in [1.807, 2.05) is 0 Å². The fourth-order valence-electron chi connectivity index (χ4n) is 2.84. The van der Waals surface area contributed by atoms with E-state index in [0.29, 0.717) is 16.9 Å². The fourth-order valence-corrected chi connectivity index (χ4v) is 2.84. The van der Waals surface area contributed by atoms with Crippen LogP contribution in [0.4, 0.5) is 8.78 Å². The molecule has 0 aliphatic rings. The first kappa shape index (κ1) is 24.1. The highest BCUT2D eigenvalue weighted by Crippen LogP contribution is 2.31. The molecule has 0 aliphatic carbocycles. The number of rotatable bonds is 8. The standard InChI is InChI=1S/C27H20F2O5/c1-4-26(30)33-14-13-32-21-9-5-18(6-10-21)19-7-11-22(23(28)15-19)20-8-12-25(24(29)16-20)34-27(31)17(2)3/h4-16H,1-2H2,3H3/b14-13-. The molecule has 3 aromatic carbocycles. The Morgan fingerprint density at radius 3 is 2.12 bits per heavy atom. The molecule has 34 heavy (non-hydrogen) atoms. The Morgan fingerprint density at radius 1 is 0.853 bits per heavy atom. The Hall–Kier alpha value is -4.52. The van der Waals surface area contributed by atoms with Crippen LogP contribution in [0.3, 0.4) is 0 Å². The van der Waals surface area contributed by atoms with E-state index in [4.69, 9.17) is 9.47 Å². The Balaban J connectivity index is 1.73. The van der Waals surface area contributed by atoms with Gasteiger partial charge >= 0.3 is 11.9 Å². The molecule has 0 unspecified atom stereocenters. The molecule has 5 nitrogen and oxygen atoms in total. The zero-order chi connectivity index (χ0) is 24.7. The minimum absolute atomic E-state index is 0.134. The van der Waals surface area contributed by atoms with Gasteiger partial charge in [0, 0.05) is 17.2 Å². The van der Waals surface area contributed by atoms with Crippen LogP contribution in [0.2, 0.25) is 0 Å². The van der Waals surface area contributed by atoms with E-state index in [1.165, 1.54) is 31.4 Å². The first-order chi connectivity index (χ1) is 16.3. The quantitative estimate of drug-likeness (QED) is 0.169. The molecule has 0 fully saturated rings. The smallest absolute Gasteiger partial charge is 0.338 e. The Bertz CT molecular complexity index is 1280. The third-order valence-electron chi connectivity index (χ3n) is 4.56. The van der Waals surface area contributed by atoms with Crippen molar-refractivity contribution in [2.45, 2.75) is 6.92 Å². The van der Waals surface area contributed by atoms with Crippen LogP contribution < -0.4 is 9.47 Å². The first-order valence-electron chi connectivity index (χ1n) is 10.0. The van der Waals surface area contributed by atoms with Crippen molar-refractivity contribution in [3.05, 3.63) is 110 Å². The van der Waals surface area contributed by atoms with E-state index >= 15 is 0 Å². The molecule has 0 amide bonds. The van der Waals surface area contributed by atoms with Crippen molar-refractivity contribution >= 4 is 11.9 Å². The van der Waals surface area contributed by atoms with Gasteiger partial charge < -0.3 is 14.2 Å². The molecule has 0 bridgehead atoms. The van der Waals surface area contributed by atoms with Crippen LogP contribution in [-0.4, -0.2) is 11.9 Å². The van der Waals surface area contributed by atoms with Crippen molar-refractivity contribution in [2.75, 3.05) is 0 Å². The molecule has 172 valence electrons. The Kier molecular flexibility index (Phi) is 7.71. The average molecular weight is 462 g/mol. The molecule has 0 aliphatic heterocycles. The second-order valence-electron chi connectivity index (χ2n) is 7.07. The van der Waals surface area contributed by atoms with Crippen LogP contribution in [-0.2, 0) is 14.3 Å². The van der Waals surface area contributed by atoms with Crippen molar-refractivity contribution in [3.8, 4) is 33.8 Å². The predicted molar refractivity (Wildman–Crippen MR) is 124 cm³/mol. The monoisotopic (exact) mass is 462 g/mol. The summed E-state index contributed by atoms with van der Waals surface area (Å²) in [4.78, 5) is 22.5. The highest BCUT2D eigenvalue weighted by Gasteiger charge is 2.14. The van der Waals surface area contributed by atoms with E-state index in [-0.39, 0.29) is 16.9 Å². The normalized spacial score (nSPS) is 10.6. The Morgan fingerprint density at radius 2 is 1.50 bits per heavy atom. The summed E-state index contributed by atoms with van der Waals surface area (Å²) in [5.74, 6) is -2.47. The van der Waals surface area contributed by atoms with Crippen molar-refractivity contribution in [1.29, 1.82) is 0 Å². The molecular formula is C27H20F2O5. The lowest BCUT2D eigenvalue weighted by Gasteiger charge is -2.10. The molecule has 0 spiro atoms. The van der Waals surface area contributed by atoms with E-state index in [0.717, 1.165) is 24.0 Å². The minimum atomic E-state index is -0.792. The molecule has 0 N–H and O–H groups in total. The van der Waals surface area contributed by atoms with Crippen molar-refractivity contribution in [2.24, 2.45) is 0 Å². The molecule has 0 saturated carbocycles. The van der Waals surface area contributed by atoms with Crippen molar-refractivity contribution in [1.82, 2.24) is 0 Å². The molecule has 0 atom stereocenters. The van der Waals surface area contributed by atoms with Gasteiger partial charge in [-0.05, 0) is 53.9 Å². The van der Waals surface area contributed by atoms with Gasteiger partial charge in [0.1, 0.15) is 24.1 Å². The lowest BCUT2D eigenvalue weighted by Crippen LogP contribution is -2.09. The zero-order valence-electron chi connectivity index (χ0n) is 18.2. The van der Waals surface area contributed by atoms with Crippen LogP contribution in [0, 0.1) is 11.6 Å². The van der Waals surface area contributed by atoms with Gasteiger partial charge in [-0.3, -0.25) is 0 Å². The number of ether oxygens (including phenoxy) is 3. The molecule has 0 saturated heterocycles. The maximum Gasteiger partial charge on any atom is 0.338 e. The van der Waals surface area contributed by atoms with Crippen molar-refractivity contribution < 1.29 is 32.6 Å². The van der Waals surface area contributed by atoms with Gasteiger partial charge in [0.05, 0.1) is 0 Å². The summed E-state index contributed by atoms with van der Waals surface area (Å²) in [5.41, 5.74) is 1.96. The van der Waals surface area contributed by atoms with Crippen LogP contribution in [0.25, 0.3) is 22.3 Å². The summed E-state index contributed by atoms with van der Waals surface area (Å²) >= 11 is 0. The number of carbonyl (C=O) groups is 2. The van der Waals surface area contributed by atoms with Crippen LogP contribution >= 0.6 is 0 Å². The molecule has 7 heteroatoms. The van der Waals surface area contributed by atoms with Gasteiger partial charge in [-0.2, -0.15) is 0 Å². The topological polar surface area (TPSA) is 61.8 Å². The SMILES string of the molecule is C=CC(=O)O/C=C\Oc1ccc(-c2ccc(-c3ccc(OC(=O)C(=C)C)c(F)c3)c(F)c2)cc1. The number of esters is 2. The van der Waals surface area contributed by atoms with E-state index in [2.05, 4.69) is 17.9 Å². The van der Waals surface area contributed by atoms with Gasteiger partial charge in [-0.15, -0.1) is 0 Å². The second-order valence-corrected chi connectivity index (χ2v) is 7.07. The van der Waals surface area contributed by atoms with Crippen LogP contribution in [0.15, 0.2) is 98.0 Å². The predicted octanol–water partition coefficient (Wildman–Crippen LogP) is 6.36. The maximum absolute atomic E-state index is 14.8. The number of hydrogen-bond donors (Lipinski definition) is 0. The number of carbonyl (C=O) groups excluding carboxylic acids is 2. The number of benzene rings is 3. The summed E-state index contributed by atoms with van der Waals surface area (Å²) in [6, 6.07) is 15.2. The summed E-state index contributed by atoms with van der Waals surface area (Å²) in [6.45, 7) is 8.17. The number of halogens is 2. The average Bonchev–Trinajstić information content (AvgIpc) is 2.83. The van der Waals surface area contributed by atoms with Gasteiger partial charge in [0.15, 0.2) is 11.6 Å². The largest absolute Gasteiger partial charge is 0.462 e. The lowest BCUT2D eigenvalue weighted by atomic mass is 9.99. The van der Waals surface area contributed by atoms with Crippen molar-refractivity contribution in [3.63, 3.8) is 0 Å². The second kappa shape index (κ2) is 10.9. The summed E-state index contributed by atoms with van der Waals surface area (Å²) in [5, 5.41) is 0. The summed E-state index contributed by atoms with van der Waals surface area (Å²) in [7, 11) is 0. The molecule has 3 rings (SSSR count). The van der Waals surface area contributed by atoms with Crippen LogP contribution in [0.5, 0.6) is 11.5 Å². The first-order valence-corrected chi connectivity index (χ1v) is 10.0. The Labute approximate surface area is 195 Å². The van der Waals surface area contributed by atoms with E-state index in [1.54, 1.807) is 36.4 Å². The molecular weight excluding hydrogens is 442 g/mol. The fraction of sp³-hybridized carbons (Fsp3) is 0.0370.